The Hall–Kier alpha value is -0.540. The predicted molar refractivity (Wildman–Crippen MR) is 86.2 cm³/mol. The van der Waals surface area contributed by atoms with Gasteiger partial charge in [0, 0.05) is 17.1 Å². The van der Waals surface area contributed by atoms with Crippen LogP contribution in [0.4, 0.5) is 5.69 Å². The lowest BCUT2D eigenvalue weighted by Gasteiger charge is -2.34. The van der Waals surface area contributed by atoms with Gasteiger partial charge < -0.3 is 5.73 Å². The molecule has 0 radical (unpaired) electrons. The highest BCUT2D eigenvalue weighted by Gasteiger charge is 2.20. The first-order chi connectivity index (χ1) is 9.11. The van der Waals surface area contributed by atoms with Crippen molar-refractivity contribution < 1.29 is 0 Å². The summed E-state index contributed by atoms with van der Waals surface area (Å²) >= 11 is 3.56. The van der Waals surface area contributed by atoms with Gasteiger partial charge in [-0.3, -0.25) is 4.90 Å². The van der Waals surface area contributed by atoms with Gasteiger partial charge in [-0.05, 0) is 59.4 Å². The van der Waals surface area contributed by atoms with Crippen LogP contribution in [0.2, 0.25) is 0 Å². The summed E-state index contributed by atoms with van der Waals surface area (Å²) in [6.07, 6.45) is 6.87. The summed E-state index contributed by atoms with van der Waals surface area (Å²) in [5, 5.41) is 0. The molecule has 0 bridgehead atoms. The summed E-state index contributed by atoms with van der Waals surface area (Å²) in [7, 11) is 0. The number of hydrogen-bond donors (Lipinski definition) is 1. The highest BCUT2D eigenvalue weighted by Crippen LogP contribution is 2.29. The van der Waals surface area contributed by atoms with Gasteiger partial charge in [0.15, 0.2) is 0 Å². The zero-order valence-electron chi connectivity index (χ0n) is 12.1. The van der Waals surface area contributed by atoms with Gasteiger partial charge in [0.05, 0.1) is 5.69 Å². The molecule has 0 unspecified atom stereocenters. The van der Waals surface area contributed by atoms with E-state index in [9.17, 15) is 0 Å². The number of aryl methyl sites for hydroxylation is 1. The monoisotopic (exact) mass is 324 g/mol. The van der Waals surface area contributed by atoms with Crippen LogP contribution in [-0.2, 0) is 6.54 Å². The number of nitrogen functional groups attached to an aromatic ring is 1. The number of nitrogens with two attached hydrogens (primary N) is 1. The minimum atomic E-state index is 0.748. The molecule has 19 heavy (non-hydrogen) atoms. The summed E-state index contributed by atoms with van der Waals surface area (Å²) in [5.74, 6) is 0. The molecular formula is C16H25BrN2. The predicted octanol–water partition coefficient (Wildman–Crippen LogP) is 4.49. The standard InChI is InChI=1S/C16H25BrN2/c1-3-19(14-7-5-4-6-8-14)11-13-9-12(2)10-15(17)16(13)18/h9-10,14H,3-8,11,18H2,1-2H3. The number of benzene rings is 1. The molecule has 0 aromatic heterocycles. The molecule has 3 heteroatoms. The molecule has 0 heterocycles. The molecule has 1 aliphatic rings. The van der Waals surface area contributed by atoms with Gasteiger partial charge in [0.25, 0.3) is 0 Å². The Bertz CT molecular complexity index is 425. The summed E-state index contributed by atoms with van der Waals surface area (Å²) in [4.78, 5) is 2.59. The number of nitrogens with zero attached hydrogens (tertiary/aromatic N) is 1. The van der Waals surface area contributed by atoms with Gasteiger partial charge in [-0.25, -0.2) is 0 Å². The molecule has 0 aliphatic heterocycles. The molecule has 1 fully saturated rings. The summed E-state index contributed by atoms with van der Waals surface area (Å²) in [6.45, 7) is 6.48. The molecule has 2 nitrogen and oxygen atoms in total. The molecule has 0 spiro atoms. The quantitative estimate of drug-likeness (QED) is 0.826. The second-order valence-electron chi connectivity index (χ2n) is 5.67. The van der Waals surface area contributed by atoms with E-state index in [1.165, 1.54) is 43.2 Å². The highest BCUT2D eigenvalue weighted by molar-refractivity contribution is 9.10. The molecule has 2 rings (SSSR count). The van der Waals surface area contributed by atoms with Crippen LogP contribution < -0.4 is 5.73 Å². The lowest BCUT2D eigenvalue weighted by atomic mass is 9.93. The van der Waals surface area contributed by atoms with E-state index in [0.29, 0.717) is 0 Å². The van der Waals surface area contributed by atoms with Crippen LogP contribution in [-0.4, -0.2) is 17.5 Å². The molecule has 2 N–H and O–H groups in total. The first-order valence-corrected chi connectivity index (χ1v) is 8.19. The van der Waals surface area contributed by atoms with Crippen molar-refractivity contribution in [1.29, 1.82) is 0 Å². The van der Waals surface area contributed by atoms with Crippen molar-refractivity contribution in [3.8, 4) is 0 Å². The largest absolute Gasteiger partial charge is 0.398 e. The lowest BCUT2D eigenvalue weighted by molar-refractivity contribution is 0.156. The van der Waals surface area contributed by atoms with Crippen molar-refractivity contribution in [2.45, 2.75) is 58.5 Å². The maximum atomic E-state index is 6.21. The van der Waals surface area contributed by atoms with E-state index in [4.69, 9.17) is 5.73 Å². The zero-order chi connectivity index (χ0) is 13.8. The molecule has 0 amide bonds. The second kappa shape index (κ2) is 6.76. The van der Waals surface area contributed by atoms with Crippen LogP contribution in [0.1, 0.15) is 50.2 Å². The van der Waals surface area contributed by atoms with Crippen LogP contribution in [0, 0.1) is 6.92 Å². The first-order valence-electron chi connectivity index (χ1n) is 7.40. The summed E-state index contributed by atoms with van der Waals surface area (Å²) in [6, 6.07) is 5.07. The van der Waals surface area contributed by atoms with E-state index < -0.39 is 0 Å². The highest BCUT2D eigenvalue weighted by atomic mass is 79.9. The minimum Gasteiger partial charge on any atom is -0.398 e. The molecule has 1 aliphatic carbocycles. The average Bonchev–Trinajstić information content (AvgIpc) is 2.42. The van der Waals surface area contributed by atoms with Crippen molar-refractivity contribution in [2.75, 3.05) is 12.3 Å². The molecular weight excluding hydrogens is 300 g/mol. The third kappa shape index (κ3) is 3.73. The maximum absolute atomic E-state index is 6.21. The molecule has 1 aromatic carbocycles. The topological polar surface area (TPSA) is 29.3 Å². The Kier molecular flexibility index (Phi) is 5.28. The fraction of sp³-hybridized carbons (Fsp3) is 0.625. The van der Waals surface area contributed by atoms with E-state index in [2.05, 4.69) is 46.8 Å². The van der Waals surface area contributed by atoms with Crippen molar-refractivity contribution >= 4 is 21.6 Å². The Morgan fingerprint density at radius 2 is 1.95 bits per heavy atom. The van der Waals surface area contributed by atoms with Crippen molar-refractivity contribution in [3.05, 3.63) is 27.7 Å². The molecule has 1 saturated carbocycles. The van der Waals surface area contributed by atoms with Crippen LogP contribution in [0.15, 0.2) is 16.6 Å². The SMILES string of the molecule is CCN(Cc1cc(C)cc(Br)c1N)C1CCCCC1. The van der Waals surface area contributed by atoms with E-state index in [0.717, 1.165) is 29.3 Å². The fourth-order valence-electron chi connectivity index (χ4n) is 3.12. The zero-order valence-corrected chi connectivity index (χ0v) is 13.7. The maximum Gasteiger partial charge on any atom is 0.0504 e. The number of anilines is 1. The van der Waals surface area contributed by atoms with Gasteiger partial charge in [0.2, 0.25) is 0 Å². The van der Waals surface area contributed by atoms with E-state index in [-0.39, 0.29) is 0 Å². The first kappa shape index (κ1) is 14.9. The van der Waals surface area contributed by atoms with E-state index in [1.807, 2.05) is 0 Å². The third-order valence-electron chi connectivity index (χ3n) is 4.23. The van der Waals surface area contributed by atoms with Crippen LogP contribution in [0.5, 0.6) is 0 Å². The van der Waals surface area contributed by atoms with Gasteiger partial charge in [-0.15, -0.1) is 0 Å². The number of rotatable bonds is 4. The van der Waals surface area contributed by atoms with Gasteiger partial charge in [0.1, 0.15) is 0 Å². The average molecular weight is 325 g/mol. The summed E-state index contributed by atoms with van der Waals surface area (Å²) < 4.78 is 1.03. The fourth-order valence-corrected chi connectivity index (χ4v) is 3.74. The summed E-state index contributed by atoms with van der Waals surface area (Å²) in [5.41, 5.74) is 9.65. The Balaban J connectivity index is 2.13. The third-order valence-corrected chi connectivity index (χ3v) is 4.89. The van der Waals surface area contributed by atoms with Crippen LogP contribution in [0.25, 0.3) is 0 Å². The van der Waals surface area contributed by atoms with E-state index >= 15 is 0 Å². The van der Waals surface area contributed by atoms with Crippen LogP contribution in [0.3, 0.4) is 0 Å². The minimum absolute atomic E-state index is 0.748. The second-order valence-corrected chi connectivity index (χ2v) is 6.53. The normalized spacial score (nSPS) is 17.1. The van der Waals surface area contributed by atoms with Crippen molar-refractivity contribution in [3.63, 3.8) is 0 Å². The van der Waals surface area contributed by atoms with Crippen molar-refractivity contribution in [1.82, 2.24) is 4.90 Å². The van der Waals surface area contributed by atoms with Crippen molar-refractivity contribution in [2.24, 2.45) is 0 Å². The van der Waals surface area contributed by atoms with Gasteiger partial charge in [-0.1, -0.05) is 32.3 Å². The van der Waals surface area contributed by atoms with E-state index in [1.54, 1.807) is 0 Å². The number of hydrogen-bond acceptors (Lipinski definition) is 2. The smallest absolute Gasteiger partial charge is 0.0504 e. The molecule has 0 saturated heterocycles. The van der Waals surface area contributed by atoms with Crippen LogP contribution >= 0.6 is 15.9 Å². The lowest BCUT2D eigenvalue weighted by Crippen LogP contribution is -2.36. The molecule has 1 aromatic rings. The molecule has 106 valence electrons. The number of halogens is 1. The Labute approximate surface area is 125 Å². The molecule has 0 atom stereocenters. The Morgan fingerprint density at radius 3 is 2.58 bits per heavy atom. The van der Waals surface area contributed by atoms with Gasteiger partial charge >= 0.3 is 0 Å². The Morgan fingerprint density at radius 1 is 1.26 bits per heavy atom. The van der Waals surface area contributed by atoms with Gasteiger partial charge in [-0.2, -0.15) is 0 Å².